The molecule has 0 unspecified atom stereocenters. The molecule has 0 aliphatic heterocycles. The number of ketones is 1. The predicted octanol–water partition coefficient (Wildman–Crippen LogP) is 2.19. The van der Waals surface area contributed by atoms with Crippen molar-refractivity contribution in [2.45, 2.75) is 13.3 Å². The maximum Gasteiger partial charge on any atom is 0.163 e. The highest BCUT2D eigenvalue weighted by atomic mass is 16.5. The molecule has 0 bridgehead atoms. The number of fused-ring (bicyclic) bond motifs is 1. The summed E-state index contributed by atoms with van der Waals surface area (Å²) in [6, 6.07) is 7.93. The third-order valence-electron chi connectivity index (χ3n) is 2.52. The zero-order chi connectivity index (χ0) is 10.1. The van der Waals surface area contributed by atoms with Crippen LogP contribution in [0.5, 0.6) is 0 Å². The maximum absolute atomic E-state index is 11.4. The van der Waals surface area contributed by atoms with E-state index in [1.165, 1.54) is 5.56 Å². The first kappa shape index (κ1) is 9.00. The van der Waals surface area contributed by atoms with Crippen LogP contribution < -0.4 is 0 Å². The van der Waals surface area contributed by atoms with E-state index in [9.17, 15) is 4.79 Å². The van der Waals surface area contributed by atoms with Crippen molar-refractivity contribution >= 4 is 11.4 Å². The minimum absolute atomic E-state index is 0.0757. The molecule has 1 aliphatic carbocycles. The molecule has 0 amide bonds. The molecule has 0 saturated carbocycles. The highest BCUT2D eigenvalue weighted by Gasteiger charge is 2.24. The van der Waals surface area contributed by atoms with Crippen molar-refractivity contribution < 1.29 is 9.53 Å². The molecule has 2 nitrogen and oxygen atoms in total. The molecule has 0 aromatic heterocycles. The fourth-order valence-corrected chi connectivity index (χ4v) is 1.89. The monoisotopic (exact) mass is 188 g/mol. The number of rotatable bonds is 2. The highest BCUT2D eigenvalue weighted by molar-refractivity contribution is 6.21. The van der Waals surface area contributed by atoms with Gasteiger partial charge in [-0.15, -0.1) is 0 Å². The van der Waals surface area contributed by atoms with Crippen LogP contribution in [0.3, 0.4) is 0 Å². The first-order valence-corrected chi connectivity index (χ1v) is 4.60. The van der Waals surface area contributed by atoms with Crippen molar-refractivity contribution in [1.29, 1.82) is 0 Å². The fraction of sp³-hybridized carbons (Fsp3) is 0.250. The predicted molar refractivity (Wildman–Crippen MR) is 54.8 cm³/mol. The smallest absolute Gasteiger partial charge is 0.163 e. The van der Waals surface area contributed by atoms with Crippen LogP contribution in [0.1, 0.15) is 18.1 Å². The summed E-state index contributed by atoms with van der Waals surface area (Å²) >= 11 is 0. The Balaban J connectivity index is 2.56. The molecule has 0 fully saturated rings. The Kier molecular flexibility index (Phi) is 2.12. The van der Waals surface area contributed by atoms with E-state index in [0.29, 0.717) is 0 Å². The minimum atomic E-state index is 0.0757. The number of benzene rings is 1. The van der Waals surface area contributed by atoms with Crippen molar-refractivity contribution in [3.63, 3.8) is 0 Å². The topological polar surface area (TPSA) is 26.3 Å². The number of allylic oxidation sites excluding steroid dienone is 2. The lowest BCUT2D eigenvalue weighted by Gasteiger charge is -2.02. The summed E-state index contributed by atoms with van der Waals surface area (Å²) in [5.41, 5.74) is 2.94. The lowest BCUT2D eigenvalue weighted by Crippen LogP contribution is -1.97. The van der Waals surface area contributed by atoms with Gasteiger partial charge in [0.15, 0.2) is 5.78 Å². The van der Waals surface area contributed by atoms with Gasteiger partial charge in [0.05, 0.1) is 12.7 Å². The van der Waals surface area contributed by atoms with E-state index in [0.717, 1.165) is 23.3 Å². The molecule has 0 heterocycles. The Bertz CT molecular complexity index is 416. The van der Waals surface area contributed by atoms with Crippen LogP contribution in [-0.2, 0) is 16.0 Å². The number of carbonyl (C=O) groups excluding carboxylic acids is 1. The van der Waals surface area contributed by atoms with Crippen molar-refractivity contribution in [3.8, 4) is 0 Å². The van der Waals surface area contributed by atoms with Gasteiger partial charge >= 0.3 is 0 Å². The molecule has 0 N–H and O–H groups in total. The molecule has 1 aromatic carbocycles. The zero-order valence-corrected chi connectivity index (χ0v) is 8.33. The van der Waals surface area contributed by atoms with Crippen molar-refractivity contribution in [1.82, 2.24) is 0 Å². The van der Waals surface area contributed by atoms with E-state index in [-0.39, 0.29) is 5.78 Å². The summed E-state index contributed by atoms with van der Waals surface area (Å²) in [4.78, 5) is 11.4. The number of methoxy groups -OCH3 is 1. The second-order valence-corrected chi connectivity index (χ2v) is 3.39. The van der Waals surface area contributed by atoms with Gasteiger partial charge in [-0.2, -0.15) is 0 Å². The fourth-order valence-electron chi connectivity index (χ4n) is 1.89. The molecular weight excluding hydrogens is 176 g/mol. The Morgan fingerprint density at radius 3 is 2.71 bits per heavy atom. The van der Waals surface area contributed by atoms with Crippen LogP contribution in [-0.4, -0.2) is 12.9 Å². The van der Waals surface area contributed by atoms with E-state index in [1.807, 2.05) is 24.3 Å². The molecule has 1 aromatic rings. The summed E-state index contributed by atoms with van der Waals surface area (Å²) < 4.78 is 5.23. The molecule has 2 rings (SSSR count). The second kappa shape index (κ2) is 3.29. The molecule has 14 heavy (non-hydrogen) atoms. The highest BCUT2D eigenvalue weighted by Crippen LogP contribution is 2.33. The first-order chi connectivity index (χ1) is 6.74. The molecule has 0 atom stereocenters. The number of Topliss-reactive ketones (excluding diaryl/α,β-unsaturated/α-hetero) is 1. The molecule has 72 valence electrons. The standard InChI is InChI=1S/C12H12O2/c1-8(13)12-10-6-4-3-5-9(10)7-11(12)14-2/h3-6H,7H2,1-2H3. The van der Waals surface area contributed by atoms with Crippen LogP contribution in [0.15, 0.2) is 30.0 Å². The summed E-state index contributed by atoms with van der Waals surface area (Å²) in [5.74, 6) is 0.866. The van der Waals surface area contributed by atoms with Gasteiger partial charge in [0.2, 0.25) is 0 Å². The largest absolute Gasteiger partial charge is 0.500 e. The lowest BCUT2D eigenvalue weighted by atomic mass is 10.0. The molecule has 2 heteroatoms. The van der Waals surface area contributed by atoms with Gasteiger partial charge in [-0.3, -0.25) is 4.79 Å². The van der Waals surface area contributed by atoms with E-state index in [1.54, 1.807) is 14.0 Å². The van der Waals surface area contributed by atoms with Crippen LogP contribution in [0.2, 0.25) is 0 Å². The molecule has 0 spiro atoms. The summed E-state index contributed by atoms with van der Waals surface area (Å²) in [6.45, 7) is 1.58. The van der Waals surface area contributed by atoms with Crippen molar-refractivity contribution in [2.24, 2.45) is 0 Å². The minimum Gasteiger partial charge on any atom is -0.500 e. The number of hydrogen-bond donors (Lipinski definition) is 0. The van der Waals surface area contributed by atoms with Gasteiger partial charge in [0.25, 0.3) is 0 Å². The van der Waals surface area contributed by atoms with Gasteiger partial charge in [-0.05, 0) is 18.1 Å². The molecular formula is C12H12O2. The van der Waals surface area contributed by atoms with Crippen LogP contribution >= 0.6 is 0 Å². The normalized spacial score (nSPS) is 14.1. The third-order valence-corrected chi connectivity index (χ3v) is 2.52. The summed E-state index contributed by atoms with van der Waals surface area (Å²) in [5, 5.41) is 0. The van der Waals surface area contributed by atoms with Crippen molar-refractivity contribution in [2.75, 3.05) is 7.11 Å². The average Bonchev–Trinajstić information content (AvgIpc) is 2.55. The van der Waals surface area contributed by atoms with Crippen molar-refractivity contribution in [3.05, 3.63) is 41.2 Å². The summed E-state index contributed by atoms with van der Waals surface area (Å²) in [7, 11) is 1.62. The zero-order valence-electron chi connectivity index (χ0n) is 8.33. The first-order valence-electron chi connectivity index (χ1n) is 4.60. The Morgan fingerprint density at radius 2 is 2.07 bits per heavy atom. The van der Waals surface area contributed by atoms with Gasteiger partial charge in [-0.25, -0.2) is 0 Å². The lowest BCUT2D eigenvalue weighted by molar-refractivity contribution is -0.111. The maximum atomic E-state index is 11.4. The van der Waals surface area contributed by atoms with E-state index < -0.39 is 0 Å². The number of ether oxygens (including phenoxy) is 1. The second-order valence-electron chi connectivity index (χ2n) is 3.39. The van der Waals surface area contributed by atoms with Crippen LogP contribution in [0, 0.1) is 0 Å². The third kappa shape index (κ3) is 1.23. The van der Waals surface area contributed by atoms with Gasteiger partial charge < -0.3 is 4.74 Å². The van der Waals surface area contributed by atoms with E-state index in [4.69, 9.17) is 4.74 Å². The van der Waals surface area contributed by atoms with Crippen LogP contribution in [0.4, 0.5) is 0 Å². The Hall–Kier alpha value is -1.57. The van der Waals surface area contributed by atoms with E-state index >= 15 is 0 Å². The SMILES string of the molecule is COC1=C(C(C)=O)c2ccccc2C1. The van der Waals surface area contributed by atoms with Gasteiger partial charge in [0.1, 0.15) is 5.76 Å². The van der Waals surface area contributed by atoms with Crippen LogP contribution in [0.25, 0.3) is 5.57 Å². The summed E-state index contributed by atoms with van der Waals surface area (Å²) in [6.07, 6.45) is 0.738. The quantitative estimate of drug-likeness (QED) is 0.711. The Morgan fingerprint density at radius 1 is 1.36 bits per heavy atom. The molecule has 0 saturated heterocycles. The van der Waals surface area contributed by atoms with Gasteiger partial charge in [0, 0.05) is 6.42 Å². The number of carbonyl (C=O) groups is 1. The molecule has 1 aliphatic rings. The average molecular weight is 188 g/mol. The number of hydrogen-bond acceptors (Lipinski definition) is 2. The Labute approximate surface area is 83.2 Å². The van der Waals surface area contributed by atoms with Gasteiger partial charge in [-0.1, -0.05) is 24.3 Å². The molecule has 0 radical (unpaired) electrons. The van der Waals surface area contributed by atoms with E-state index in [2.05, 4.69) is 0 Å².